The summed E-state index contributed by atoms with van der Waals surface area (Å²) in [6, 6.07) is 5.36. The Balaban J connectivity index is 2.82. The van der Waals surface area contributed by atoms with Crippen LogP contribution in [-0.4, -0.2) is 23.7 Å². The van der Waals surface area contributed by atoms with Crippen molar-refractivity contribution in [2.24, 2.45) is 5.92 Å². The van der Waals surface area contributed by atoms with Crippen molar-refractivity contribution >= 4 is 21.8 Å². The minimum Gasteiger partial charge on any atom is -0.394 e. The Hall–Kier alpha value is -0.870. The number of benzene rings is 1. The Morgan fingerprint density at radius 1 is 1.47 bits per heavy atom. The summed E-state index contributed by atoms with van der Waals surface area (Å²) in [5.41, 5.74) is 1.69. The first-order valence-electron chi connectivity index (χ1n) is 5.63. The number of carbonyl (C=O) groups is 1. The summed E-state index contributed by atoms with van der Waals surface area (Å²) in [6.07, 6.45) is 0. The van der Waals surface area contributed by atoms with E-state index in [2.05, 4.69) is 21.2 Å². The van der Waals surface area contributed by atoms with Crippen LogP contribution < -0.4 is 5.32 Å². The number of nitrogens with one attached hydrogen (secondary N) is 1. The van der Waals surface area contributed by atoms with E-state index in [0.29, 0.717) is 5.56 Å². The number of amides is 1. The van der Waals surface area contributed by atoms with Gasteiger partial charge in [-0.3, -0.25) is 4.79 Å². The Labute approximate surface area is 110 Å². The molecule has 0 saturated heterocycles. The molecule has 0 saturated carbocycles. The van der Waals surface area contributed by atoms with Crippen LogP contribution in [0.2, 0.25) is 0 Å². The van der Waals surface area contributed by atoms with Gasteiger partial charge in [0, 0.05) is 4.47 Å². The quantitative estimate of drug-likeness (QED) is 0.897. The van der Waals surface area contributed by atoms with Crippen LogP contribution >= 0.6 is 15.9 Å². The molecule has 1 atom stereocenters. The van der Waals surface area contributed by atoms with Crippen molar-refractivity contribution in [1.29, 1.82) is 0 Å². The van der Waals surface area contributed by atoms with Gasteiger partial charge in [0.05, 0.1) is 18.2 Å². The Bertz CT molecular complexity index is 404. The van der Waals surface area contributed by atoms with E-state index >= 15 is 0 Å². The second-order valence-electron chi connectivity index (χ2n) is 4.49. The molecule has 2 N–H and O–H groups in total. The van der Waals surface area contributed by atoms with Crippen molar-refractivity contribution < 1.29 is 9.90 Å². The lowest BCUT2D eigenvalue weighted by Crippen LogP contribution is -2.41. The van der Waals surface area contributed by atoms with Crippen molar-refractivity contribution in [2.75, 3.05) is 6.61 Å². The minimum absolute atomic E-state index is 0.0487. The smallest absolute Gasteiger partial charge is 0.252 e. The van der Waals surface area contributed by atoms with Gasteiger partial charge in [0.2, 0.25) is 0 Å². The van der Waals surface area contributed by atoms with Crippen LogP contribution in [0.5, 0.6) is 0 Å². The summed E-state index contributed by atoms with van der Waals surface area (Å²) in [4.78, 5) is 12.0. The van der Waals surface area contributed by atoms with E-state index in [4.69, 9.17) is 0 Å². The van der Waals surface area contributed by atoms with Gasteiger partial charge >= 0.3 is 0 Å². The fraction of sp³-hybridized carbons (Fsp3) is 0.462. The summed E-state index contributed by atoms with van der Waals surface area (Å²) < 4.78 is 0.774. The third kappa shape index (κ3) is 3.82. The van der Waals surface area contributed by atoms with Crippen LogP contribution in [0.25, 0.3) is 0 Å². The van der Waals surface area contributed by atoms with E-state index in [-0.39, 0.29) is 24.5 Å². The topological polar surface area (TPSA) is 49.3 Å². The number of aryl methyl sites for hydroxylation is 1. The summed E-state index contributed by atoms with van der Waals surface area (Å²) in [6.45, 7) is 5.85. The Kier molecular flexibility index (Phi) is 5.15. The molecule has 3 nitrogen and oxygen atoms in total. The Morgan fingerprint density at radius 3 is 2.59 bits per heavy atom. The standard InChI is InChI=1S/C13H18BrNO2/c1-8(2)12(7-16)15-13(17)10-5-4-9(3)6-11(10)14/h4-6,8,12,16H,7H2,1-3H3,(H,15,17)/t12-/m1/s1. The lowest BCUT2D eigenvalue weighted by Gasteiger charge is -2.20. The summed E-state index contributed by atoms with van der Waals surface area (Å²) in [5, 5.41) is 12.0. The van der Waals surface area contributed by atoms with E-state index in [1.807, 2.05) is 32.9 Å². The van der Waals surface area contributed by atoms with Crippen molar-refractivity contribution in [1.82, 2.24) is 5.32 Å². The molecule has 94 valence electrons. The van der Waals surface area contributed by atoms with Gasteiger partial charge in [-0.1, -0.05) is 19.9 Å². The summed E-state index contributed by atoms with van der Waals surface area (Å²) in [7, 11) is 0. The van der Waals surface area contributed by atoms with Gasteiger partial charge in [0.25, 0.3) is 5.91 Å². The maximum atomic E-state index is 12.0. The highest BCUT2D eigenvalue weighted by Gasteiger charge is 2.17. The molecule has 17 heavy (non-hydrogen) atoms. The van der Waals surface area contributed by atoms with Gasteiger partial charge in [0.1, 0.15) is 0 Å². The third-order valence-electron chi connectivity index (χ3n) is 2.69. The van der Waals surface area contributed by atoms with E-state index < -0.39 is 0 Å². The van der Waals surface area contributed by atoms with E-state index in [1.54, 1.807) is 6.07 Å². The molecular weight excluding hydrogens is 282 g/mol. The number of rotatable bonds is 4. The van der Waals surface area contributed by atoms with Crippen LogP contribution in [0.1, 0.15) is 29.8 Å². The molecule has 1 aromatic carbocycles. The molecule has 1 amide bonds. The number of hydrogen-bond donors (Lipinski definition) is 2. The zero-order valence-corrected chi connectivity index (χ0v) is 11.9. The number of carbonyl (C=O) groups excluding carboxylic acids is 1. The van der Waals surface area contributed by atoms with Gasteiger partial charge in [-0.2, -0.15) is 0 Å². The molecule has 4 heteroatoms. The highest BCUT2D eigenvalue weighted by atomic mass is 79.9. The largest absolute Gasteiger partial charge is 0.394 e. The molecule has 1 aromatic rings. The fourth-order valence-corrected chi connectivity index (χ4v) is 2.15. The highest BCUT2D eigenvalue weighted by molar-refractivity contribution is 9.10. The molecule has 0 heterocycles. The molecule has 0 aromatic heterocycles. The molecule has 0 aliphatic rings. The zero-order valence-electron chi connectivity index (χ0n) is 10.3. The van der Waals surface area contributed by atoms with Crippen LogP contribution in [0.3, 0.4) is 0 Å². The van der Waals surface area contributed by atoms with Crippen LogP contribution in [-0.2, 0) is 0 Å². The second kappa shape index (κ2) is 6.17. The SMILES string of the molecule is Cc1ccc(C(=O)N[C@H](CO)C(C)C)c(Br)c1. The predicted octanol–water partition coefficient (Wildman–Crippen LogP) is 2.50. The van der Waals surface area contributed by atoms with E-state index in [1.165, 1.54) is 0 Å². The minimum atomic E-state index is -0.212. The molecule has 1 rings (SSSR count). The third-order valence-corrected chi connectivity index (χ3v) is 3.34. The highest BCUT2D eigenvalue weighted by Crippen LogP contribution is 2.18. The number of halogens is 1. The zero-order chi connectivity index (χ0) is 13.0. The monoisotopic (exact) mass is 299 g/mol. The fourth-order valence-electron chi connectivity index (χ4n) is 1.47. The van der Waals surface area contributed by atoms with Gasteiger partial charge < -0.3 is 10.4 Å². The van der Waals surface area contributed by atoms with E-state index in [0.717, 1.165) is 10.0 Å². The maximum Gasteiger partial charge on any atom is 0.252 e. The molecule has 0 bridgehead atoms. The van der Waals surface area contributed by atoms with Gasteiger partial charge in [-0.05, 0) is 46.5 Å². The summed E-state index contributed by atoms with van der Waals surface area (Å²) in [5.74, 6) is 0.0396. The average Bonchev–Trinajstić information content (AvgIpc) is 2.24. The number of aliphatic hydroxyl groups excluding tert-OH is 1. The number of hydrogen-bond acceptors (Lipinski definition) is 2. The molecule has 0 spiro atoms. The molecule has 0 aliphatic heterocycles. The van der Waals surface area contributed by atoms with Crippen molar-refractivity contribution in [3.05, 3.63) is 33.8 Å². The van der Waals surface area contributed by atoms with Crippen LogP contribution in [0.15, 0.2) is 22.7 Å². The van der Waals surface area contributed by atoms with Gasteiger partial charge in [0.15, 0.2) is 0 Å². The molecule has 0 fully saturated rings. The first kappa shape index (κ1) is 14.2. The molecule has 0 unspecified atom stereocenters. The first-order chi connectivity index (χ1) is 7.95. The van der Waals surface area contributed by atoms with Gasteiger partial charge in [-0.15, -0.1) is 0 Å². The normalized spacial score (nSPS) is 12.6. The average molecular weight is 300 g/mol. The summed E-state index contributed by atoms with van der Waals surface area (Å²) >= 11 is 3.37. The van der Waals surface area contributed by atoms with E-state index in [9.17, 15) is 9.90 Å². The lowest BCUT2D eigenvalue weighted by molar-refractivity contribution is 0.0896. The molecular formula is C13H18BrNO2. The maximum absolute atomic E-state index is 12.0. The van der Waals surface area contributed by atoms with Crippen molar-refractivity contribution in [2.45, 2.75) is 26.8 Å². The Morgan fingerprint density at radius 2 is 2.12 bits per heavy atom. The first-order valence-corrected chi connectivity index (χ1v) is 6.43. The predicted molar refractivity (Wildman–Crippen MR) is 72.1 cm³/mol. The molecule has 0 radical (unpaired) electrons. The van der Waals surface area contributed by atoms with Crippen LogP contribution in [0.4, 0.5) is 0 Å². The lowest BCUT2D eigenvalue weighted by atomic mass is 10.0. The van der Waals surface area contributed by atoms with Crippen molar-refractivity contribution in [3.8, 4) is 0 Å². The van der Waals surface area contributed by atoms with Crippen molar-refractivity contribution in [3.63, 3.8) is 0 Å². The van der Waals surface area contributed by atoms with Gasteiger partial charge in [-0.25, -0.2) is 0 Å². The second-order valence-corrected chi connectivity index (χ2v) is 5.34. The number of aliphatic hydroxyl groups is 1. The molecule has 0 aliphatic carbocycles. The van der Waals surface area contributed by atoms with Crippen LogP contribution in [0, 0.1) is 12.8 Å².